The minimum absolute atomic E-state index is 0.00146. The van der Waals surface area contributed by atoms with E-state index in [1.165, 1.54) is 148 Å². The van der Waals surface area contributed by atoms with Crippen molar-refractivity contribution >= 4 is 11.9 Å². The molecular weight excluding hydrogens is 568 g/mol. The maximum atomic E-state index is 12.7. The lowest BCUT2D eigenvalue weighted by Crippen LogP contribution is -2.18. The molecule has 0 bridgehead atoms. The van der Waals surface area contributed by atoms with Gasteiger partial charge in [0.2, 0.25) is 0 Å². The van der Waals surface area contributed by atoms with Gasteiger partial charge in [-0.1, -0.05) is 174 Å². The normalized spacial score (nSPS) is 12.2. The van der Waals surface area contributed by atoms with Gasteiger partial charge in [0.05, 0.1) is 0 Å². The Morgan fingerprint density at radius 2 is 0.783 bits per heavy atom. The van der Waals surface area contributed by atoms with Crippen molar-refractivity contribution in [1.82, 2.24) is 0 Å². The molecule has 1 atom stereocenters. The van der Waals surface area contributed by atoms with E-state index in [4.69, 9.17) is 9.84 Å². The molecule has 0 spiro atoms. The lowest BCUT2D eigenvalue weighted by molar-refractivity contribution is -0.150. The molecular formula is C42H80O4. The molecule has 0 radical (unpaired) electrons. The van der Waals surface area contributed by atoms with Crippen molar-refractivity contribution in [3.63, 3.8) is 0 Å². The first-order valence-electron chi connectivity index (χ1n) is 20.7. The van der Waals surface area contributed by atoms with E-state index in [1.54, 1.807) is 0 Å². The Bertz CT molecular complexity index is 658. The van der Waals surface area contributed by atoms with Gasteiger partial charge in [0.15, 0.2) is 0 Å². The third-order valence-electron chi connectivity index (χ3n) is 9.49. The number of ether oxygens (including phenoxy) is 1. The molecule has 4 heteroatoms. The van der Waals surface area contributed by atoms with Crippen LogP contribution in [0.3, 0.4) is 0 Å². The topological polar surface area (TPSA) is 63.6 Å². The number of carboxylic acids is 1. The second-order valence-corrected chi connectivity index (χ2v) is 14.2. The fourth-order valence-corrected chi connectivity index (χ4v) is 6.42. The number of rotatable bonds is 38. The van der Waals surface area contributed by atoms with Gasteiger partial charge in [-0.25, -0.2) is 0 Å². The van der Waals surface area contributed by atoms with Crippen LogP contribution >= 0.6 is 0 Å². The molecule has 0 heterocycles. The highest BCUT2D eigenvalue weighted by Crippen LogP contribution is 2.19. The molecule has 272 valence electrons. The summed E-state index contributed by atoms with van der Waals surface area (Å²) in [4.78, 5) is 23.4. The van der Waals surface area contributed by atoms with E-state index in [9.17, 15) is 9.59 Å². The van der Waals surface area contributed by atoms with E-state index in [0.717, 1.165) is 64.2 Å². The van der Waals surface area contributed by atoms with Crippen LogP contribution in [0.25, 0.3) is 0 Å². The Balaban J connectivity index is 4.02. The molecule has 46 heavy (non-hydrogen) atoms. The van der Waals surface area contributed by atoms with Crippen LogP contribution in [0.1, 0.15) is 239 Å². The SMILES string of the molecule is CCCCCC/C=C\CCCCCCCC(=O)OC(CCCCCCCCCCCCCCCCC)CCCCCCCC(=O)O. The number of allylic oxidation sites excluding steroid dienone is 2. The summed E-state index contributed by atoms with van der Waals surface area (Å²) in [5.41, 5.74) is 0. The van der Waals surface area contributed by atoms with Gasteiger partial charge in [0.25, 0.3) is 0 Å². The van der Waals surface area contributed by atoms with Crippen molar-refractivity contribution in [2.45, 2.75) is 245 Å². The summed E-state index contributed by atoms with van der Waals surface area (Å²) in [6, 6.07) is 0. The number of carboxylic acid groups (broad SMARTS) is 1. The summed E-state index contributed by atoms with van der Waals surface area (Å²) in [5, 5.41) is 8.82. The van der Waals surface area contributed by atoms with E-state index >= 15 is 0 Å². The van der Waals surface area contributed by atoms with E-state index in [0.29, 0.717) is 6.42 Å². The van der Waals surface area contributed by atoms with E-state index in [2.05, 4.69) is 26.0 Å². The van der Waals surface area contributed by atoms with Crippen LogP contribution < -0.4 is 0 Å². The minimum atomic E-state index is -0.698. The fraction of sp³-hybridized carbons (Fsp3) is 0.905. The largest absolute Gasteiger partial charge is 0.481 e. The van der Waals surface area contributed by atoms with E-state index in [-0.39, 0.29) is 18.5 Å². The molecule has 1 N–H and O–H groups in total. The van der Waals surface area contributed by atoms with Crippen LogP contribution in [-0.4, -0.2) is 23.1 Å². The number of aliphatic carboxylic acids is 1. The average molecular weight is 649 g/mol. The Morgan fingerprint density at radius 3 is 1.20 bits per heavy atom. The highest BCUT2D eigenvalue weighted by molar-refractivity contribution is 5.69. The summed E-state index contributed by atoms with van der Waals surface area (Å²) in [6.45, 7) is 4.55. The Labute approximate surface area is 287 Å². The van der Waals surface area contributed by atoms with Gasteiger partial charge in [-0.2, -0.15) is 0 Å². The van der Waals surface area contributed by atoms with Gasteiger partial charge in [0.1, 0.15) is 6.10 Å². The average Bonchev–Trinajstić information content (AvgIpc) is 3.04. The van der Waals surface area contributed by atoms with Crippen molar-refractivity contribution < 1.29 is 19.4 Å². The molecule has 0 saturated carbocycles. The first-order valence-corrected chi connectivity index (χ1v) is 20.7. The monoisotopic (exact) mass is 649 g/mol. The first-order chi connectivity index (χ1) is 22.6. The smallest absolute Gasteiger partial charge is 0.306 e. The van der Waals surface area contributed by atoms with Crippen LogP contribution in [0.4, 0.5) is 0 Å². The van der Waals surface area contributed by atoms with Gasteiger partial charge < -0.3 is 9.84 Å². The van der Waals surface area contributed by atoms with E-state index in [1.807, 2.05) is 0 Å². The Hall–Kier alpha value is -1.32. The molecule has 0 aromatic rings. The zero-order valence-electron chi connectivity index (χ0n) is 31.2. The zero-order valence-corrected chi connectivity index (χ0v) is 31.2. The van der Waals surface area contributed by atoms with Crippen LogP contribution in [0.15, 0.2) is 12.2 Å². The van der Waals surface area contributed by atoms with E-state index < -0.39 is 5.97 Å². The highest BCUT2D eigenvalue weighted by Gasteiger charge is 2.14. The summed E-state index contributed by atoms with van der Waals surface area (Å²) in [7, 11) is 0. The fourth-order valence-electron chi connectivity index (χ4n) is 6.42. The van der Waals surface area contributed by atoms with Crippen molar-refractivity contribution in [3.8, 4) is 0 Å². The van der Waals surface area contributed by atoms with Crippen LogP contribution in [0.2, 0.25) is 0 Å². The van der Waals surface area contributed by atoms with Crippen molar-refractivity contribution in [3.05, 3.63) is 12.2 Å². The molecule has 0 saturated heterocycles. The summed E-state index contributed by atoms with van der Waals surface area (Å²) < 4.78 is 6.01. The summed E-state index contributed by atoms with van der Waals surface area (Å²) in [5.74, 6) is -0.699. The maximum absolute atomic E-state index is 12.7. The lowest BCUT2D eigenvalue weighted by atomic mass is 10.0. The van der Waals surface area contributed by atoms with Crippen molar-refractivity contribution in [2.24, 2.45) is 0 Å². The molecule has 4 nitrogen and oxygen atoms in total. The Kier molecular flexibility index (Phi) is 37.0. The molecule has 0 amide bonds. The van der Waals surface area contributed by atoms with Gasteiger partial charge >= 0.3 is 11.9 Å². The molecule has 1 unspecified atom stereocenters. The molecule has 0 aliphatic rings. The van der Waals surface area contributed by atoms with Gasteiger partial charge in [-0.3, -0.25) is 9.59 Å². The highest BCUT2D eigenvalue weighted by atomic mass is 16.5. The third kappa shape index (κ3) is 37.1. The number of esters is 1. The van der Waals surface area contributed by atoms with Crippen LogP contribution in [0.5, 0.6) is 0 Å². The van der Waals surface area contributed by atoms with Crippen molar-refractivity contribution in [2.75, 3.05) is 0 Å². The second-order valence-electron chi connectivity index (χ2n) is 14.2. The van der Waals surface area contributed by atoms with Crippen LogP contribution in [-0.2, 0) is 14.3 Å². The number of unbranched alkanes of at least 4 members (excludes halogenated alkanes) is 27. The van der Waals surface area contributed by atoms with Gasteiger partial charge in [-0.15, -0.1) is 0 Å². The molecule has 0 fully saturated rings. The summed E-state index contributed by atoms with van der Waals surface area (Å²) >= 11 is 0. The van der Waals surface area contributed by atoms with Crippen molar-refractivity contribution in [1.29, 1.82) is 0 Å². The maximum Gasteiger partial charge on any atom is 0.306 e. The summed E-state index contributed by atoms with van der Waals surface area (Å²) in [6.07, 6.45) is 46.6. The predicted octanol–water partition coefficient (Wildman–Crippen LogP) is 14.2. The molecule has 0 rings (SSSR count). The number of carbonyl (C=O) groups excluding carboxylic acids is 1. The standard InChI is InChI=1S/C42H80O4/c1-3-5-7-9-11-13-15-17-18-20-21-23-25-28-32-36-40(37-33-29-27-30-34-38-41(43)44)46-42(45)39-35-31-26-24-22-19-16-14-12-10-8-6-4-2/h14,16,40H,3-13,15,17-39H2,1-2H3,(H,43,44)/b16-14-. The first kappa shape index (κ1) is 44.7. The molecule has 0 aliphatic carbocycles. The molecule has 0 aliphatic heterocycles. The minimum Gasteiger partial charge on any atom is -0.481 e. The third-order valence-corrected chi connectivity index (χ3v) is 9.49. The molecule has 0 aromatic carbocycles. The zero-order chi connectivity index (χ0) is 33.6. The lowest BCUT2D eigenvalue weighted by Gasteiger charge is -2.18. The number of hydrogen-bond acceptors (Lipinski definition) is 3. The Morgan fingerprint density at radius 1 is 0.457 bits per heavy atom. The van der Waals surface area contributed by atoms with Gasteiger partial charge in [0, 0.05) is 12.8 Å². The van der Waals surface area contributed by atoms with Gasteiger partial charge in [-0.05, 0) is 64.2 Å². The van der Waals surface area contributed by atoms with Crippen LogP contribution in [0, 0.1) is 0 Å². The predicted molar refractivity (Wildman–Crippen MR) is 200 cm³/mol. The molecule has 0 aromatic heterocycles. The number of hydrogen-bond donors (Lipinski definition) is 1. The second kappa shape index (κ2) is 38.1. The quantitative estimate of drug-likeness (QED) is 0.0411. The number of carbonyl (C=O) groups is 2.